The van der Waals surface area contributed by atoms with Gasteiger partial charge in [-0.15, -0.1) is 0 Å². The van der Waals surface area contributed by atoms with E-state index in [9.17, 15) is 17.6 Å². The quantitative estimate of drug-likeness (QED) is 0.817. The number of amides is 1. The molecule has 1 N–H and O–H groups in total. The number of anilines is 1. The average Bonchev–Trinajstić information content (AvgIpc) is 2.57. The van der Waals surface area contributed by atoms with E-state index in [4.69, 9.17) is 4.74 Å². The van der Waals surface area contributed by atoms with Crippen molar-refractivity contribution in [1.29, 1.82) is 0 Å². The Morgan fingerprint density at radius 1 is 1.08 bits per heavy atom. The molecule has 25 heavy (non-hydrogen) atoms. The first kappa shape index (κ1) is 18.9. The average molecular weight is 366 g/mol. The van der Waals surface area contributed by atoms with Crippen LogP contribution in [0, 0.1) is 5.82 Å². The highest BCUT2D eigenvalue weighted by atomic mass is 32.2. The number of carbonyl (C=O) groups excluding carboxylic acids is 1. The van der Waals surface area contributed by atoms with Crippen molar-refractivity contribution in [1.82, 2.24) is 4.31 Å². The minimum atomic E-state index is -3.50. The molecule has 0 radical (unpaired) electrons. The fourth-order valence-electron chi connectivity index (χ4n) is 1.94. The van der Waals surface area contributed by atoms with Crippen LogP contribution in [-0.4, -0.2) is 39.3 Å². The van der Waals surface area contributed by atoms with Crippen molar-refractivity contribution < 1.29 is 22.3 Å². The van der Waals surface area contributed by atoms with Gasteiger partial charge in [-0.25, -0.2) is 17.1 Å². The second-order valence-electron chi connectivity index (χ2n) is 5.41. The van der Waals surface area contributed by atoms with E-state index in [2.05, 4.69) is 5.32 Å². The first-order chi connectivity index (χ1) is 11.8. The Morgan fingerprint density at radius 3 is 2.24 bits per heavy atom. The van der Waals surface area contributed by atoms with Crippen molar-refractivity contribution in [3.8, 4) is 5.75 Å². The molecule has 2 aromatic carbocycles. The van der Waals surface area contributed by atoms with E-state index in [1.54, 1.807) is 0 Å². The van der Waals surface area contributed by atoms with Gasteiger partial charge in [0.2, 0.25) is 15.9 Å². The van der Waals surface area contributed by atoms with Crippen molar-refractivity contribution in [3.05, 3.63) is 54.3 Å². The SMILES string of the molecule is CN(C)S(=O)(=O)c1ccc(NC(=O)CCOc2ccc(F)cc2)cc1. The summed E-state index contributed by atoms with van der Waals surface area (Å²) in [7, 11) is -0.595. The summed E-state index contributed by atoms with van der Waals surface area (Å²) >= 11 is 0. The lowest BCUT2D eigenvalue weighted by Gasteiger charge is -2.12. The van der Waals surface area contributed by atoms with Gasteiger partial charge < -0.3 is 10.1 Å². The molecule has 0 fully saturated rings. The molecule has 0 aliphatic heterocycles. The van der Waals surface area contributed by atoms with Crippen LogP contribution < -0.4 is 10.1 Å². The van der Waals surface area contributed by atoms with Crippen LogP contribution in [0.2, 0.25) is 0 Å². The number of ether oxygens (including phenoxy) is 1. The molecule has 0 spiro atoms. The molecule has 0 aliphatic rings. The molecule has 6 nitrogen and oxygen atoms in total. The highest BCUT2D eigenvalue weighted by molar-refractivity contribution is 7.89. The molecule has 0 saturated carbocycles. The standard InChI is InChI=1S/C17H19FN2O4S/c1-20(2)25(22,23)16-9-5-14(6-10-16)19-17(21)11-12-24-15-7-3-13(18)4-8-15/h3-10H,11-12H2,1-2H3,(H,19,21). The molecule has 0 aromatic heterocycles. The van der Waals surface area contributed by atoms with E-state index in [0.717, 1.165) is 4.31 Å². The number of carbonyl (C=O) groups is 1. The van der Waals surface area contributed by atoms with Crippen LogP contribution in [0.1, 0.15) is 6.42 Å². The van der Waals surface area contributed by atoms with Gasteiger partial charge in [-0.1, -0.05) is 0 Å². The molecular formula is C17H19FN2O4S. The summed E-state index contributed by atoms with van der Waals surface area (Å²) in [5.41, 5.74) is 0.490. The predicted molar refractivity (Wildman–Crippen MR) is 92.5 cm³/mol. The zero-order valence-corrected chi connectivity index (χ0v) is 14.7. The lowest BCUT2D eigenvalue weighted by atomic mass is 10.3. The zero-order chi connectivity index (χ0) is 18.4. The molecule has 0 aliphatic carbocycles. The van der Waals surface area contributed by atoms with Gasteiger partial charge >= 0.3 is 0 Å². The van der Waals surface area contributed by atoms with Crippen LogP contribution in [-0.2, 0) is 14.8 Å². The van der Waals surface area contributed by atoms with E-state index in [1.165, 1.54) is 62.6 Å². The molecule has 8 heteroatoms. The molecule has 1 amide bonds. The highest BCUT2D eigenvalue weighted by Gasteiger charge is 2.16. The third kappa shape index (κ3) is 5.27. The molecule has 0 atom stereocenters. The fraction of sp³-hybridized carbons (Fsp3) is 0.235. The fourth-order valence-corrected chi connectivity index (χ4v) is 2.84. The summed E-state index contributed by atoms with van der Waals surface area (Å²) in [6.07, 6.45) is 0.106. The van der Waals surface area contributed by atoms with E-state index < -0.39 is 10.0 Å². The number of benzene rings is 2. The third-order valence-electron chi connectivity index (χ3n) is 3.33. The monoisotopic (exact) mass is 366 g/mol. The molecular weight excluding hydrogens is 347 g/mol. The van der Waals surface area contributed by atoms with Gasteiger partial charge in [-0.2, -0.15) is 0 Å². The van der Waals surface area contributed by atoms with E-state index in [-0.39, 0.29) is 29.6 Å². The van der Waals surface area contributed by atoms with Crippen molar-refractivity contribution in [2.75, 3.05) is 26.0 Å². The second-order valence-corrected chi connectivity index (χ2v) is 7.56. The number of nitrogens with zero attached hydrogens (tertiary/aromatic N) is 1. The van der Waals surface area contributed by atoms with Gasteiger partial charge in [0.25, 0.3) is 0 Å². The first-order valence-corrected chi connectivity index (χ1v) is 8.94. The van der Waals surface area contributed by atoms with E-state index >= 15 is 0 Å². The van der Waals surface area contributed by atoms with Crippen molar-refractivity contribution in [2.45, 2.75) is 11.3 Å². The number of hydrogen-bond donors (Lipinski definition) is 1. The van der Waals surface area contributed by atoms with Crippen LogP contribution in [0.25, 0.3) is 0 Å². The Morgan fingerprint density at radius 2 is 1.68 bits per heavy atom. The van der Waals surface area contributed by atoms with Crippen molar-refractivity contribution >= 4 is 21.6 Å². The number of hydrogen-bond acceptors (Lipinski definition) is 4. The number of nitrogens with one attached hydrogen (secondary N) is 1. The lowest BCUT2D eigenvalue weighted by molar-refractivity contribution is -0.116. The topological polar surface area (TPSA) is 75.7 Å². The maximum absolute atomic E-state index is 12.8. The van der Waals surface area contributed by atoms with E-state index in [1.807, 2.05) is 0 Å². The van der Waals surface area contributed by atoms with Crippen LogP contribution in [0.3, 0.4) is 0 Å². The number of rotatable bonds is 7. The van der Waals surface area contributed by atoms with Gasteiger partial charge in [-0.05, 0) is 48.5 Å². The maximum atomic E-state index is 12.8. The number of halogens is 1. The highest BCUT2D eigenvalue weighted by Crippen LogP contribution is 2.17. The minimum absolute atomic E-state index is 0.106. The first-order valence-electron chi connectivity index (χ1n) is 7.50. The Bertz CT molecular complexity index is 819. The van der Waals surface area contributed by atoms with Crippen LogP contribution in [0.5, 0.6) is 5.75 Å². The van der Waals surface area contributed by atoms with Crippen LogP contribution in [0.4, 0.5) is 10.1 Å². The Hall–Kier alpha value is -2.45. The second kappa shape index (κ2) is 8.09. The number of sulfonamides is 1. The summed E-state index contributed by atoms with van der Waals surface area (Å²) in [5.74, 6) is -0.150. The van der Waals surface area contributed by atoms with Crippen LogP contribution in [0.15, 0.2) is 53.4 Å². The molecule has 0 bridgehead atoms. The molecule has 0 unspecified atom stereocenters. The third-order valence-corrected chi connectivity index (χ3v) is 5.16. The molecule has 2 rings (SSSR count). The minimum Gasteiger partial charge on any atom is -0.493 e. The Balaban J connectivity index is 1.85. The summed E-state index contributed by atoms with van der Waals surface area (Å²) in [6, 6.07) is 11.4. The van der Waals surface area contributed by atoms with Crippen molar-refractivity contribution in [2.24, 2.45) is 0 Å². The molecule has 0 heterocycles. The Kier molecular flexibility index (Phi) is 6.11. The summed E-state index contributed by atoms with van der Waals surface area (Å²) < 4.78 is 43.2. The molecule has 0 saturated heterocycles. The molecule has 134 valence electrons. The molecule has 2 aromatic rings. The Labute approximate surface area is 146 Å². The lowest BCUT2D eigenvalue weighted by Crippen LogP contribution is -2.22. The van der Waals surface area contributed by atoms with Gasteiger partial charge in [0, 0.05) is 19.8 Å². The largest absolute Gasteiger partial charge is 0.493 e. The van der Waals surface area contributed by atoms with Gasteiger partial charge in [-0.3, -0.25) is 4.79 Å². The maximum Gasteiger partial charge on any atom is 0.242 e. The van der Waals surface area contributed by atoms with Gasteiger partial charge in [0.05, 0.1) is 17.9 Å². The summed E-state index contributed by atoms with van der Waals surface area (Å²) in [5, 5.41) is 2.66. The van der Waals surface area contributed by atoms with Gasteiger partial charge in [0.15, 0.2) is 0 Å². The van der Waals surface area contributed by atoms with Gasteiger partial charge in [0.1, 0.15) is 11.6 Å². The smallest absolute Gasteiger partial charge is 0.242 e. The predicted octanol–water partition coefficient (Wildman–Crippen LogP) is 2.48. The van der Waals surface area contributed by atoms with Crippen LogP contribution >= 0.6 is 0 Å². The normalized spacial score (nSPS) is 11.4. The summed E-state index contributed by atoms with van der Waals surface area (Å²) in [6.45, 7) is 0.143. The van der Waals surface area contributed by atoms with Crippen molar-refractivity contribution in [3.63, 3.8) is 0 Å². The zero-order valence-electron chi connectivity index (χ0n) is 13.9. The van der Waals surface area contributed by atoms with E-state index in [0.29, 0.717) is 11.4 Å². The summed E-state index contributed by atoms with van der Waals surface area (Å²) in [4.78, 5) is 12.0.